The van der Waals surface area contributed by atoms with E-state index in [9.17, 15) is 0 Å². The van der Waals surface area contributed by atoms with Crippen molar-refractivity contribution in [2.75, 3.05) is 6.26 Å². The number of para-hydroxylation sites is 1. The van der Waals surface area contributed by atoms with Crippen molar-refractivity contribution in [2.45, 2.75) is 43.5 Å². The van der Waals surface area contributed by atoms with Crippen molar-refractivity contribution in [1.29, 1.82) is 0 Å². The number of hydrogen-bond acceptors (Lipinski definition) is 2. The van der Waals surface area contributed by atoms with E-state index in [1.807, 2.05) is 11.8 Å². The zero-order valence-electron chi connectivity index (χ0n) is 11.5. The molecule has 0 unspecified atom stereocenters. The topological polar surface area (TPSA) is 27.8 Å². The second-order valence-corrected chi connectivity index (χ2v) is 6.59. The van der Waals surface area contributed by atoms with Gasteiger partial charge in [-0.2, -0.15) is 11.8 Å². The fourth-order valence-corrected chi connectivity index (χ4v) is 3.78. The third-order valence-electron chi connectivity index (χ3n) is 4.26. The van der Waals surface area contributed by atoms with Crippen LogP contribution in [0.5, 0.6) is 0 Å². The highest BCUT2D eigenvalue weighted by Gasteiger charge is 2.20. The summed E-state index contributed by atoms with van der Waals surface area (Å²) in [5.41, 5.74) is 2.63. The average molecular weight is 274 g/mol. The van der Waals surface area contributed by atoms with Crippen LogP contribution < -0.4 is 5.32 Å². The Bertz CT molecular complexity index is 526. The van der Waals surface area contributed by atoms with Gasteiger partial charge in [-0.15, -0.1) is 0 Å². The van der Waals surface area contributed by atoms with Gasteiger partial charge in [0.15, 0.2) is 0 Å². The molecule has 1 saturated carbocycles. The molecule has 0 bridgehead atoms. The summed E-state index contributed by atoms with van der Waals surface area (Å²) in [4.78, 5) is 3.35. The van der Waals surface area contributed by atoms with E-state index in [0.29, 0.717) is 6.04 Å². The van der Waals surface area contributed by atoms with E-state index in [2.05, 4.69) is 47.0 Å². The van der Waals surface area contributed by atoms with Crippen molar-refractivity contribution in [3.05, 3.63) is 36.0 Å². The molecule has 1 aliphatic carbocycles. The van der Waals surface area contributed by atoms with Crippen LogP contribution in [0.1, 0.15) is 31.2 Å². The normalized spacial score (nSPS) is 23.8. The van der Waals surface area contributed by atoms with E-state index in [0.717, 1.165) is 11.8 Å². The first-order valence-electron chi connectivity index (χ1n) is 7.18. The number of aromatic amines is 1. The molecule has 0 atom stereocenters. The van der Waals surface area contributed by atoms with Gasteiger partial charge in [0.25, 0.3) is 0 Å². The van der Waals surface area contributed by atoms with Crippen LogP contribution in [0.2, 0.25) is 0 Å². The van der Waals surface area contributed by atoms with Gasteiger partial charge in [0.05, 0.1) is 0 Å². The van der Waals surface area contributed by atoms with Crippen LogP contribution in [0, 0.1) is 0 Å². The number of benzene rings is 1. The molecule has 2 N–H and O–H groups in total. The average Bonchev–Trinajstić information content (AvgIpc) is 2.89. The Kier molecular flexibility index (Phi) is 4.14. The zero-order valence-corrected chi connectivity index (χ0v) is 12.3. The van der Waals surface area contributed by atoms with Crippen LogP contribution in [-0.4, -0.2) is 22.5 Å². The lowest BCUT2D eigenvalue weighted by atomic mass is 9.95. The molecule has 102 valence electrons. The molecule has 2 nitrogen and oxygen atoms in total. The molecule has 1 aromatic carbocycles. The number of nitrogens with one attached hydrogen (secondary N) is 2. The molecule has 0 saturated heterocycles. The molecule has 1 fully saturated rings. The molecule has 1 aromatic heterocycles. The molecular weight excluding hydrogens is 252 g/mol. The fraction of sp³-hybridized carbons (Fsp3) is 0.500. The SMILES string of the molecule is CSC1CCC(NCc2c[nH]c3ccccc23)CC1. The molecule has 0 radical (unpaired) electrons. The molecule has 3 heteroatoms. The lowest BCUT2D eigenvalue weighted by Gasteiger charge is -2.28. The Hall–Kier alpha value is -0.930. The number of fused-ring (bicyclic) bond motifs is 1. The van der Waals surface area contributed by atoms with Crippen LogP contribution in [-0.2, 0) is 6.54 Å². The Balaban J connectivity index is 1.58. The number of H-pyrrole nitrogens is 1. The maximum atomic E-state index is 3.73. The van der Waals surface area contributed by atoms with Crippen molar-refractivity contribution in [3.63, 3.8) is 0 Å². The minimum atomic E-state index is 0.706. The Labute approximate surface area is 119 Å². The molecule has 1 aliphatic rings. The smallest absolute Gasteiger partial charge is 0.0457 e. The third-order valence-corrected chi connectivity index (χ3v) is 5.40. The molecule has 0 amide bonds. The quantitative estimate of drug-likeness (QED) is 0.884. The van der Waals surface area contributed by atoms with Gasteiger partial charge in [-0.1, -0.05) is 18.2 Å². The third kappa shape index (κ3) is 2.98. The molecule has 0 aliphatic heterocycles. The second kappa shape index (κ2) is 6.02. The van der Waals surface area contributed by atoms with E-state index < -0.39 is 0 Å². The van der Waals surface area contributed by atoms with E-state index in [4.69, 9.17) is 0 Å². The van der Waals surface area contributed by atoms with Gasteiger partial charge in [-0.05, 0) is 43.6 Å². The monoisotopic (exact) mass is 274 g/mol. The van der Waals surface area contributed by atoms with Crippen LogP contribution in [0.25, 0.3) is 10.9 Å². The highest BCUT2D eigenvalue weighted by atomic mass is 32.2. The van der Waals surface area contributed by atoms with Gasteiger partial charge < -0.3 is 10.3 Å². The lowest BCUT2D eigenvalue weighted by Crippen LogP contribution is -2.33. The highest BCUT2D eigenvalue weighted by Crippen LogP contribution is 2.27. The summed E-state index contributed by atoms with van der Waals surface area (Å²) in [6.07, 6.45) is 9.77. The van der Waals surface area contributed by atoms with Crippen LogP contribution in [0.4, 0.5) is 0 Å². The van der Waals surface area contributed by atoms with E-state index >= 15 is 0 Å². The summed E-state index contributed by atoms with van der Waals surface area (Å²) in [5.74, 6) is 0. The number of thioether (sulfide) groups is 1. The van der Waals surface area contributed by atoms with Crippen LogP contribution >= 0.6 is 11.8 Å². The van der Waals surface area contributed by atoms with Gasteiger partial charge in [-0.3, -0.25) is 0 Å². The standard InChI is InChI=1S/C16H22N2S/c1-19-14-8-6-13(7-9-14)17-10-12-11-18-16-5-3-2-4-15(12)16/h2-5,11,13-14,17-18H,6-10H2,1H3. The summed E-state index contributed by atoms with van der Waals surface area (Å²) in [6.45, 7) is 0.985. The van der Waals surface area contributed by atoms with Gasteiger partial charge in [0, 0.05) is 34.9 Å². The predicted octanol–water partition coefficient (Wildman–Crippen LogP) is 3.93. The molecule has 1 heterocycles. The lowest BCUT2D eigenvalue weighted by molar-refractivity contribution is 0.379. The predicted molar refractivity (Wildman–Crippen MR) is 84.7 cm³/mol. The van der Waals surface area contributed by atoms with Gasteiger partial charge in [0.2, 0.25) is 0 Å². The van der Waals surface area contributed by atoms with E-state index in [-0.39, 0.29) is 0 Å². The molecule has 2 aromatic rings. The van der Waals surface area contributed by atoms with Gasteiger partial charge in [-0.25, -0.2) is 0 Å². The summed E-state index contributed by atoms with van der Waals surface area (Å²) < 4.78 is 0. The summed E-state index contributed by atoms with van der Waals surface area (Å²) in [5, 5.41) is 5.98. The minimum absolute atomic E-state index is 0.706. The first-order chi connectivity index (χ1) is 9.36. The number of rotatable bonds is 4. The van der Waals surface area contributed by atoms with Crippen molar-refractivity contribution >= 4 is 22.7 Å². The molecule has 3 rings (SSSR count). The largest absolute Gasteiger partial charge is 0.361 e. The maximum absolute atomic E-state index is 3.73. The van der Waals surface area contributed by atoms with E-state index in [1.54, 1.807) is 0 Å². The highest BCUT2D eigenvalue weighted by molar-refractivity contribution is 7.99. The van der Waals surface area contributed by atoms with Crippen LogP contribution in [0.15, 0.2) is 30.5 Å². The van der Waals surface area contributed by atoms with Crippen molar-refractivity contribution in [2.24, 2.45) is 0 Å². The number of hydrogen-bond donors (Lipinski definition) is 2. The molecular formula is C16H22N2S. The fourth-order valence-electron chi connectivity index (χ4n) is 3.03. The molecule has 19 heavy (non-hydrogen) atoms. The second-order valence-electron chi connectivity index (χ2n) is 5.45. The first-order valence-corrected chi connectivity index (χ1v) is 8.47. The Morgan fingerprint density at radius 1 is 1.21 bits per heavy atom. The van der Waals surface area contributed by atoms with Crippen molar-refractivity contribution in [3.8, 4) is 0 Å². The van der Waals surface area contributed by atoms with Gasteiger partial charge >= 0.3 is 0 Å². The van der Waals surface area contributed by atoms with Crippen LogP contribution in [0.3, 0.4) is 0 Å². The Morgan fingerprint density at radius 3 is 2.79 bits per heavy atom. The summed E-state index contributed by atoms with van der Waals surface area (Å²) >= 11 is 2.03. The number of aromatic nitrogens is 1. The van der Waals surface area contributed by atoms with Crippen molar-refractivity contribution in [1.82, 2.24) is 10.3 Å². The first kappa shape index (κ1) is 13.1. The Morgan fingerprint density at radius 2 is 2.00 bits per heavy atom. The maximum Gasteiger partial charge on any atom is 0.0457 e. The van der Waals surface area contributed by atoms with Crippen molar-refractivity contribution < 1.29 is 0 Å². The zero-order chi connectivity index (χ0) is 13.1. The molecule has 0 spiro atoms. The van der Waals surface area contributed by atoms with E-state index in [1.165, 1.54) is 42.1 Å². The summed E-state index contributed by atoms with van der Waals surface area (Å²) in [7, 11) is 0. The van der Waals surface area contributed by atoms with Gasteiger partial charge in [0.1, 0.15) is 0 Å². The minimum Gasteiger partial charge on any atom is -0.361 e. The summed E-state index contributed by atoms with van der Waals surface area (Å²) in [6, 6.07) is 9.25.